The van der Waals surface area contributed by atoms with Gasteiger partial charge in [-0.15, -0.1) is 11.3 Å². The summed E-state index contributed by atoms with van der Waals surface area (Å²) in [5.41, 5.74) is 7.10. The van der Waals surface area contributed by atoms with Gasteiger partial charge in [-0.2, -0.15) is 0 Å². The molecule has 12 heteroatoms. The van der Waals surface area contributed by atoms with Gasteiger partial charge < -0.3 is 35.5 Å². The number of nitrogen functional groups attached to an aromatic ring is 1. The molecule has 5 rings (SSSR count). The molecule has 43 heavy (non-hydrogen) atoms. The van der Waals surface area contributed by atoms with E-state index in [1.165, 1.54) is 16.2 Å². The van der Waals surface area contributed by atoms with Gasteiger partial charge in [0.1, 0.15) is 17.6 Å². The van der Waals surface area contributed by atoms with Gasteiger partial charge in [-0.1, -0.05) is 48.5 Å². The summed E-state index contributed by atoms with van der Waals surface area (Å²) in [4.78, 5) is 41.9. The lowest BCUT2D eigenvalue weighted by Gasteiger charge is -2.26. The molecule has 1 spiro atoms. The second-order valence-electron chi connectivity index (χ2n) is 10.4. The van der Waals surface area contributed by atoms with Crippen molar-refractivity contribution in [1.29, 1.82) is 5.41 Å². The van der Waals surface area contributed by atoms with E-state index < -0.39 is 23.8 Å². The maximum Gasteiger partial charge on any atom is 0.243 e. The quantitative estimate of drug-likeness (QED) is 0.140. The average Bonchev–Trinajstić information content (AvgIpc) is 3.79. The van der Waals surface area contributed by atoms with Crippen LogP contribution in [-0.4, -0.2) is 73.2 Å². The number of nitrogens with two attached hydrogens (primary N) is 1. The fraction of sp³-hybridized carbons (Fsp3) is 0.355. The number of thiophene rings is 1. The molecule has 0 bridgehead atoms. The van der Waals surface area contributed by atoms with Gasteiger partial charge in [-0.3, -0.25) is 19.8 Å². The van der Waals surface area contributed by atoms with Gasteiger partial charge in [0.2, 0.25) is 17.7 Å². The minimum Gasteiger partial charge on any atom is -0.494 e. The van der Waals surface area contributed by atoms with Crippen molar-refractivity contribution < 1.29 is 28.6 Å². The van der Waals surface area contributed by atoms with Gasteiger partial charge >= 0.3 is 0 Å². The number of carbonyl (C=O) groups excluding carboxylic acids is 3. The Balaban J connectivity index is 1.23. The number of likely N-dealkylation sites (tertiary alicyclic amines) is 1. The number of hydrogen-bond donors (Lipinski definition) is 4. The second-order valence-corrected chi connectivity index (χ2v) is 11.3. The van der Waals surface area contributed by atoms with E-state index in [1.807, 2.05) is 60.7 Å². The topological polar surface area (TPSA) is 156 Å². The van der Waals surface area contributed by atoms with Crippen LogP contribution in [-0.2, 0) is 23.9 Å². The van der Waals surface area contributed by atoms with Crippen molar-refractivity contribution in [1.82, 2.24) is 15.5 Å². The highest BCUT2D eigenvalue weighted by Gasteiger charge is 2.52. The monoisotopic (exact) mass is 605 g/mol. The lowest BCUT2D eigenvalue weighted by Crippen LogP contribution is -2.49. The van der Waals surface area contributed by atoms with Crippen molar-refractivity contribution >= 4 is 34.9 Å². The van der Waals surface area contributed by atoms with Gasteiger partial charge in [0.25, 0.3) is 0 Å². The Morgan fingerprint density at radius 3 is 2.47 bits per heavy atom. The van der Waals surface area contributed by atoms with E-state index in [0.29, 0.717) is 31.8 Å². The minimum atomic E-state index is -1.07. The number of nitrogens with one attached hydrogen (secondary N) is 3. The second kappa shape index (κ2) is 13.8. The van der Waals surface area contributed by atoms with Gasteiger partial charge in [0, 0.05) is 28.7 Å². The molecule has 2 fully saturated rings. The maximum atomic E-state index is 13.8. The van der Waals surface area contributed by atoms with Crippen LogP contribution in [0.3, 0.4) is 0 Å². The molecule has 0 saturated carbocycles. The van der Waals surface area contributed by atoms with Crippen LogP contribution in [0, 0.1) is 5.41 Å². The van der Waals surface area contributed by atoms with Crippen molar-refractivity contribution in [2.45, 2.75) is 37.1 Å². The minimum absolute atomic E-state index is 0.0588. The number of rotatable bonds is 12. The standard InChI is InChI=1S/C31H35N5O6S/c32-29(33)22-16-25(43-19-22)28(21-8-3-1-4-9-21)35-30(39)24-17-31(41-14-15-42-31)20-36(24)27(38)18-34-26(37)12-7-13-40-23-10-5-2-6-11-23/h1-6,8-11,16,19,24,28H,7,12-15,17-18,20H2,(H3,32,33)(H,34,37)(H,35,39)/t24-,28?/m0/s1. The first-order chi connectivity index (χ1) is 20.8. The molecule has 11 nitrogen and oxygen atoms in total. The molecule has 2 aliphatic rings. The molecule has 1 unspecified atom stereocenters. The third kappa shape index (κ3) is 7.58. The van der Waals surface area contributed by atoms with Crippen LogP contribution in [0.4, 0.5) is 0 Å². The third-order valence-electron chi connectivity index (χ3n) is 7.36. The van der Waals surface area contributed by atoms with Crippen LogP contribution in [0.5, 0.6) is 5.75 Å². The van der Waals surface area contributed by atoms with E-state index >= 15 is 0 Å². The Hall–Kier alpha value is -4.26. The average molecular weight is 606 g/mol. The Morgan fingerprint density at radius 1 is 1.09 bits per heavy atom. The molecule has 226 valence electrons. The van der Waals surface area contributed by atoms with E-state index in [-0.39, 0.29) is 43.6 Å². The molecule has 0 aliphatic carbocycles. The van der Waals surface area contributed by atoms with Crippen LogP contribution < -0.4 is 21.1 Å². The van der Waals surface area contributed by atoms with Crippen molar-refractivity contribution in [3.63, 3.8) is 0 Å². The van der Waals surface area contributed by atoms with E-state index in [1.54, 1.807) is 11.4 Å². The molecule has 3 amide bonds. The molecule has 2 aliphatic heterocycles. The lowest BCUT2D eigenvalue weighted by atomic mass is 10.0. The van der Waals surface area contributed by atoms with Crippen LogP contribution in [0.1, 0.15) is 41.3 Å². The summed E-state index contributed by atoms with van der Waals surface area (Å²) >= 11 is 1.39. The van der Waals surface area contributed by atoms with Gasteiger partial charge in [-0.25, -0.2) is 0 Å². The molecule has 3 aromatic rings. The van der Waals surface area contributed by atoms with Gasteiger partial charge in [-0.05, 0) is 30.2 Å². The first-order valence-electron chi connectivity index (χ1n) is 14.1. The number of para-hydroxylation sites is 1. The molecule has 2 saturated heterocycles. The predicted molar refractivity (Wildman–Crippen MR) is 161 cm³/mol. The predicted octanol–water partition coefficient (Wildman–Crippen LogP) is 2.56. The Morgan fingerprint density at radius 2 is 1.79 bits per heavy atom. The molecule has 2 atom stereocenters. The van der Waals surface area contributed by atoms with Gasteiger partial charge in [0.05, 0.1) is 39.0 Å². The molecule has 3 heterocycles. The maximum absolute atomic E-state index is 13.8. The van der Waals surface area contributed by atoms with E-state index in [0.717, 1.165) is 16.2 Å². The Bertz CT molecular complexity index is 1430. The number of ether oxygens (including phenoxy) is 3. The Labute approximate surface area is 253 Å². The molecular formula is C31H35N5O6S. The summed E-state index contributed by atoms with van der Waals surface area (Å²) in [6.07, 6.45) is 0.853. The molecule has 2 aromatic carbocycles. The van der Waals surface area contributed by atoms with Crippen molar-refractivity contribution in [2.75, 3.05) is 32.9 Å². The zero-order valence-electron chi connectivity index (χ0n) is 23.6. The summed E-state index contributed by atoms with van der Waals surface area (Å²) in [6, 6.07) is 19.2. The van der Waals surface area contributed by atoms with E-state index in [2.05, 4.69) is 10.6 Å². The molecule has 1 aromatic heterocycles. The normalized spacial score (nSPS) is 17.9. The van der Waals surface area contributed by atoms with E-state index in [9.17, 15) is 14.4 Å². The smallest absolute Gasteiger partial charge is 0.243 e. The molecule has 0 radical (unpaired) electrons. The summed E-state index contributed by atoms with van der Waals surface area (Å²) < 4.78 is 17.3. The number of amides is 3. The highest BCUT2D eigenvalue weighted by Crippen LogP contribution is 2.36. The lowest BCUT2D eigenvalue weighted by molar-refractivity contribution is -0.152. The summed E-state index contributed by atoms with van der Waals surface area (Å²) in [6.45, 7) is 0.931. The number of carbonyl (C=O) groups is 3. The first kappa shape index (κ1) is 30.2. The number of nitrogens with zero attached hydrogens (tertiary/aromatic N) is 1. The first-order valence-corrected chi connectivity index (χ1v) is 15.0. The fourth-order valence-electron chi connectivity index (χ4n) is 5.19. The van der Waals surface area contributed by atoms with Crippen LogP contribution in [0.25, 0.3) is 0 Å². The van der Waals surface area contributed by atoms with Crippen LogP contribution in [0.2, 0.25) is 0 Å². The zero-order valence-corrected chi connectivity index (χ0v) is 24.4. The largest absolute Gasteiger partial charge is 0.494 e. The highest BCUT2D eigenvalue weighted by molar-refractivity contribution is 7.10. The fourth-order valence-corrected chi connectivity index (χ4v) is 6.18. The molecular weight excluding hydrogens is 570 g/mol. The highest BCUT2D eigenvalue weighted by atomic mass is 32.1. The number of hydrogen-bond acceptors (Lipinski definition) is 8. The number of amidine groups is 1. The summed E-state index contributed by atoms with van der Waals surface area (Å²) in [5.74, 6) is -1.46. The van der Waals surface area contributed by atoms with Crippen molar-refractivity contribution in [3.8, 4) is 5.75 Å². The van der Waals surface area contributed by atoms with Crippen LogP contribution >= 0.6 is 11.3 Å². The summed E-state index contributed by atoms with van der Waals surface area (Å²) in [7, 11) is 0. The summed E-state index contributed by atoms with van der Waals surface area (Å²) in [5, 5.41) is 15.3. The van der Waals surface area contributed by atoms with Crippen molar-refractivity contribution in [3.05, 3.63) is 88.1 Å². The van der Waals surface area contributed by atoms with Crippen molar-refractivity contribution in [2.24, 2.45) is 5.73 Å². The van der Waals surface area contributed by atoms with E-state index in [4.69, 9.17) is 25.4 Å². The molecule has 5 N–H and O–H groups in total. The zero-order chi connectivity index (χ0) is 30.2. The Kier molecular flexibility index (Phi) is 9.70. The van der Waals surface area contributed by atoms with Gasteiger partial charge in [0.15, 0.2) is 5.79 Å². The van der Waals surface area contributed by atoms with Crippen LogP contribution in [0.15, 0.2) is 72.1 Å². The number of benzene rings is 2. The third-order valence-corrected chi connectivity index (χ3v) is 8.36. The SMILES string of the molecule is N=C(N)c1csc(C(NC(=O)[C@@H]2CC3(CN2C(=O)CNC(=O)CCCOc2ccccc2)OCCO3)c2ccccc2)c1.